The summed E-state index contributed by atoms with van der Waals surface area (Å²) in [6.07, 6.45) is 2.44. The first-order chi connectivity index (χ1) is 9.24. The Labute approximate surface area is 127 Å². The molecule has 3 rings (SSSR count). The smallest absolute Gasteiger partial charge is 0.0543 e. The summed E-state index contributed by atoms with van der Waals surface area (Å²) in [7, 11) is 0. The maximum atomic E-state index is 5.97. The van der Waals surface area contributed by atoms with Gasteiger partial charge in [0.2, 0.25) is 0 Å². The molecule has 1 aliphatic heterocycles. The molecule has 0 aliphatic carbocycles. The molecule has 1 aliphatic rings. The molecule has 0 amide bonds. The molecule has 1 atom stereocenters. The molecule has 98 valence electrons. The molecule has 1 unspecified atom stereocenters. The van der Waals surface area contributed by atoms with Crippen molar-refractivity contribution in [2.45, 2.75) is 18.9 Å². The van der Waals surface area contributed by atoms with E-state index >= 15 is 0 Å². The highest BCUT2D eigenvalue weighted by Crippen LogP contribution is 2.37. The first-order valence-electron chi connectivity index (χ1n) is 6.52. The number of hydrogen-bond donors (Lipinski definition) is 0. The second-order valence-electron chi connectivity index (χ2n) is 4.88. The minimum absolute atomic E-state index is 0.471. The topological polar surface area (TPSA) is 3.24 Å². The Morgan fingerprint density at radius 2 is 1.89 bits per heavy atom. The third-order valence-electron chi connectivity index (χ3n) is 3.64. The Balaban J connectivity index is 1.91. The van der Waals surface area contributed by atoms with Gasteiger partial charge in [-0.25, -0.2) is 0 Å². The van der Waals surface area contributed by atoms with Crippen LogP contribution in [0.5, 0.6) is 0 Å². The van der Waals surface area contributed by atoms with Crippen LogP contribution in [0.2, 0.25) is 5.02 Å². The van der Waals surface area contributed by atoms with Crippen molar-refractivity contribution in [1.82, 2.24) is 0 Å². The fourth-order valence-corrected chi connectivity index (χ4v) is 3.31. The Morgan fingerprint density at radius 3 is 2.63 bits per heavy atom. The van der Waals surface area contributed by atoms with Crippen LogP contribution < -0.4 is 4.90 Å². The maximum absolute atomic E-state index is 5.97. The number of nitrogens with zero attached hydrogens (tertiary/aromatic N) is 1. The lowest BCUT2D eigenvalue weighted by Crippen LogP contribution is -2.22. The Hall–Kier alpha value is -0.990. The van der Waals surface area contributed by atoms with Crippen molar-refractivity contribution in [2.24, 2.45) is 0 Å². The van der Waals surface area contributed by atoms with Gasteiger partial charge in [-0.05, 0) is 54.8 Å². The molecule has 2 aromatic rings. The van der Waals surface area contributed by atoms with Gasteiger partial charge >= 0.3 is 0 Å². The van der Waals surface area contributed by atoms with Gasteiger partial charge in [-0.3, -0.25) is 0 Å². The van der Waals surface area contributed by atoms with E-state index in [0.717, 1.165) is 16.0 Å². The molecule has 0 aromatic heterocycles. The van der Waals surface area contributed by atoms with Gasteiger partial charge in [0.1, 0.15) is 0 Å². The van der Waals surface area contributed by atoms with E-state index in [1.807, 2.05) is 12.1 Å². The van der Waals surface area contributed by atoms with Crippen molar-refractivity contribution in [3.63, 3.8) is 0 Å². The Kier molecular flexibility index (Phi) is 3.81. The third-order valence-corrected chi connectivity index (χ3v) is 4.39. The first-order valence-corrected chi connectivity index (χ1v) is 7.69. The first kappa shape index (κ1) is 13.0. The maximum Gasteiger partial charge on any atom is 0.0543 e. The summed E-state index contributed by atoms with van der Waals surface area (Å²) < 4.78 is 1.15. The summed E-state index contributed by atoms with van der Waals surface area (Å²) >= 11 is 9.53. The predicted octanol–water partition coefficient (Wildman–Crippen LogP) is 5.44. The number of rotatable bonds is 2. The SMILES string of the molecule is Clc1ccc(N2CCCC2c2cccc(Br)c2)cc1. The minimum Gasteiger partial charge on any atom is -0.364 e. The van der Waals surface area contributed by atoms with Crippen LogP contribution in [0.15, 0.2) is 53.0 Å². The highest BCUT2D eigenvalue weighted by molar-refractivity contribution is 9.10. The van der Waals surface area contributed by atoms with Crippen LogP contribution in [-0.4, -0.2) is 6.54 Å². The molecule has 3 heteroatoms. The van der Waals surface area contributed by atoms with E-state index in [4.69, 9.17) is 11.6 Å². The van der Waals surface area contributed by atoms with Crippen molar-refractivity contribution in [3.05, 3.63) is 63.6 Å². The number of benzene rings is 2. The van der Waals surface area contributed by atoms with Crippen LogP contribution in [0.3, 0.4) is 0 Å². The lowest BCUT2D eigenvalue weighted by atomic mass is 10.0. The van der Waals surface area contributed by atoms with Crippen LogP contribution in [0, 0.1) is 0 Å². The molecule has 0 spiro atoms. The molecule has 2 aromatic carbocycles. The lowest BCUT2D eigenvalue weighted by Gasteiger charge is -2.27. The van der Waals surface area contributed by atoms with Gasteiger partial charge in [-0.1, -0.05) is 39.7 Å². The van der Waals surface area contributed by atoms with Gasteiger partial charge in [0, 0.05) is 21.7 Å². The van der Waals surface area contributed by atoms with Crippen LogP contribution in [0.1, 0.15) is 24.4 Å². The molecule has 1 saturated heterocycles. The zero-order chi connectivity index (χ0) is 13.2. The minimum atomic E-state index is 0.471. The van der Waals surface area contributed by atoms with Gasteiger partial charge in [-0.15, -0.1) is 0 Å². The average molecular weight is 337 g/mol. The summed E-state index contributed by atoms with van der Waals surface area (Å²) in [6, 6.07) is 17.2. The average Bonchev–Trinajstić information content (AvgIpc) is 2.89. The van der Waals surface area contributed by atoms with Crippen LogP contribution in [-0.2, 0) is 0 Å². The quantitative estimate of drug-likeness (QED) is 0.705. The highest BCUT2D eigenvalue weighted by atomic mass is 79.9. The lowest BCUT2D eigenvalue weighted by molar-refractivity contribution is 0.719. The molecule has 0 bridgehead atoms. The van der Waals surface area contributed by atoms with E-state index in [1.54, 1.807) is 0 Å². The van der Waals surface area contributed by atoms with Crippen LogP contribution in [0.4, 0.5) is 5.69 Å². The van der Waals surface area contributed by atoms with E-state index in [9.17, 15) is 0 Å². The molecule has 1 nitrogen and oxygen atoms in total. The van der Waals surface area contributed by atoms with Gasteiger partial charge in [0.25, 0.3) is 0 Å². The number of hydrogen-bond acceptors (Lipinski definition) is 1. The largest absolute Gasteiger partial charge is 0.364 e. The zero-order valence-electron chi connectivity index (χ0n) is 10.5. The third kappa shape index (κ3) is 2.80. The van der Waals surface area contributed by atoms with Gasteiger partial charge in [-0.2, -0.15) is 0 Å². The summed E-state index contributed by atoms with van der Waals surface area (Å²) in [6.45, 7) is 1.11. The number of halogens is 2. The fourth-order valence-electron chi connectivity index (χ4n) is 2.77. The number of anilines is 1. The van der Waals surface area contributed by atoms with E-state index in [2.05, 4.69) is 57.2 Å². The van der Waals surface area contributed by atoms with E-state index in [0.29, 0.717) is 6.04 Å². The molecule has 19 heavy (non-hydrogen) atoms. The monoisotopic (exact) mass is 335 g/mol. The molecular formula is C16H15BrClN. The van der Waals surface area contributed by atoms with Crippen molar-refractivity contribution >= 4 is 33.2 Å². The van der Waals surface area contributed by atoms with E-state index < -0.39 is 0 Å². The van der Waals surface area contributed by atoms with Gasteiger partial charge in [0.05, 0.1) is 6.04 Å². The van der Waals surface area contributed by atoms with E-state index in [1.165, 1.54) is 24.1 Å². The highest BCUT2D eigenvalue weighted by Gasteiger charge is 2.26. The van der Waals surface area contributed by atoms with Crippen LogP contribution >= 0.6 is 27.5 Å². The van der Waals surface area contributed by atoms with Crippen molar-refractivity contribution in [1.29, 1.82) is 0 Å². The second-order valence-corrected chi connectivity index (χ2v) is 6.23. The van der Waals surface area contributed by atoms with Gasteiger partial charge < -0.3 is 4.90 Å². The summed E-state index contributed by atoms with van der Waals surface area (Å²) in [4.78, 5) is 2.47. The summed E-state index contributed by atoms with van der Waals surface area (Å²) in [5.41, 5.74) is 2.63. The Bertz CT molecular complexity index is 567. The molecule has 1 fully saturated rings. The molecule has 0 radical (unpaired) electrons. The standard InChI is InChI=1S/C16H15BrClN/c17-13-4-1-3-12(11-13)16-5-2-10-19(16)15-8-6-14(18)7-9-15/h1,3-4,6-9,11,16H,2,5,10H2. The van der Waals surface area contributed by atoms with Crippen molar-refractivity contribution in [2.75, 3.05) is 11.4 Å². The Morgan fingerprint density at radius 1 is 1.11 bits per heavy atom. The van der Waals surface area contributed by atoms with Crippen LogP contribution in [0.25, 0.3) is 0 Å². The predicted molar refractivity (Wildman–Crippen MR) is 84.9 cm³/mol. The van der Waals surface area contributed by atoms with E-state index in [-0.39, 0.29) is 0 Å². The molecule has 0 saturated carbocycles. The summed E-state index contributed by atoms with van der Waals surface area (Å²) in [5.74, 6) is 0. The van der Waals surface area contributed by atoms with Crippen molar-refractivity contribution in [3.8, 4) is 0 Å². The van der Waals surface area contributed by atoms with Crippen molar-refractivity contribution < 1.29 is 0 Å². The molecular weight excluding hydrogens is 322 g/mol. The summed E-state index contributed by atoms with van der Waals surface area (Å²) in [5, 5.41) is 0.793. The fraction of sp³-hybridized carbons (Fsp3) is 0.250. The zero-order valence-corrected chi connectivity index (χ0v) is 12.9. The molecule has 0 N–H and O–H groups in total. The second kappa shape index (κ2) is 5.56. The molecule has 1 heterocycles. The van der Waals surface area contributed by atoms with Gasteiger partial charge in [0.15, 0.2) is 0 Å². The normalized spacial score (nSPS) is 18.8.